The van der Waals surface area contributed by atoms with Gasteiger partial charge in [0.05, 0.1) is 59.9 Å². The number of nitrogens with one attached hydrogen (secondary N) is 1. The number of azo groups is 4. The third-order valence-corrected chi connectivity index (χ3v) is 14.7. The van der Waals surface area contributed by atoms with Gasteiger partial charge in [0, 0.05) is 34.2 Å². The first-order valence-corrected chi connectivity index (χ1v) is 28.5. The normalized spacial score (nSPS) is 12.4. The van der Waals surface area contributed by atoms with Crippen LogP contribution in [0.3, 0.4) is 0 Å². The Bertz CT molecular complexity index is 4270. The summed E-state index contributed by atoms with van der Waals surface area (Å²) < 4.78 is 117. The molecule has 0 spiro atoms. The number of fused-ring (bicyclic) bond motifs is 2. The van der Waals surface area contributed by atoms with Crippen LogP contribution in [0.15, 0.2) is 172 Å². The predicted molar refractivity (Wildman–Crippen MR) is 300 cm³/mol. The van der Waals surface area contributed by atoms with Crippen LogP contribution in [0.1, 0.15) is 39.9 Å². The highest BCUT2D eigenvalue weighted by Crippen LogP contribution is 2.44. The average molecular weight is 1160 g/mol. The van der Waals surface area contributed by atoms with Gasteiger partial charge in [-0.05, 0) is 170 Å². The van der Waals surface area contributed by atoms with Crippen molar-refractivity contribution >= 4 is 109 Å². The Hall–Kier alpha value is -9.12. The van der Waals surface area contributed by atoms with E-state index in [1.165, 1.54) is 68.8 Å². The average Bonchev–Trinajstić information content (AvgIpc) is 3.52. The molecule has 8 aromatic carbocycles. The SMILES string of the molecule is COc1cc(C(=O)Nc2ccc3c(OCCCCS(=O)(=O)O)cc(S(=O)(=O)O)cc3c2)ccc1N=Nc1cc(OC)c(N=Nc2cc(C)c(N=Nc3c(S(=O)(=O)O)cc4cc(N=Nc5ccc(O)cc5)ccc4c3O)cc2C)cc1C. The van der Waals surface area contributed by atoms with Crippen molar-refractivity contribution in [2.24, 2.45) is 40.9 Å². The molecule has 1 amide bonds. The molecule has 0 bridgehead atoms. The van der Waals surface area contributed by atoms with Crippen molar-refractivity contribution in [3.8, 4) is 28.7 Å². The Morgan fingerprint density at radius 1 is 0.519 bits per heavy atom. The van der Waals surface area contributed by atoms with E-state index in [2.05, 4.69) is 46.2 Å². The maximum atomic E-state index is 13.5. The number of nitrogens with zero attached hydrogens (tertiary/aromatic N) is 8. The van der Waals surface area contributed by atoms with Gasteiger partial charge in [0.25, 0.3) is 36.3 Å². The van der Waals surface area contributed by atoms with Crippen molar-refractivity contribution in [3.63, 3.8) is 0 Å². The Balaban J connectivity index is 0.958. The number of unbranched alkanes of at least 4 members (excludes halogenated alkanes) is 1. The van der Waals surface area contributed by atoms with E-state index in [0.717, 1.165) is 12.1 Å². The van der Waals surface area contributed by atoms with Crippen LogP contribution >= 0.6 is 0 Å². The first-order valence-electron chi connectivity index (χ1n) is 24.0. The molecular weight excluding hydrogens is 1110 g/mol. The van der Waals surface area contributed by atoms with E-state index in [1.54, 1.807) is 75.4 Å². The number of ether oxygens (including phenoxy) is 3. The summed E-state index contributed by atoms with van der Waals surface area (Å²) in [7, 11) is -10.9. The summed E-state index contributed by atoms with van der Waals surface area (Å²) in [6.45, 7) is 5.22. The number of carbonyl (C=O) groups is 1. The summed E-state index contributed by atoms with van der Waals surface area (Å²) >= 11 is 0. The number of aromatic hydroxyl groups is 2. The standard InChI is InChI=1S/C54H49N9O15S3/c1-30-21-45(61-63-52-51(81(73,74)75)27-35-24-38(12-16-42(35)53(52)65)57-56-36-9-13-39(64)14-10-36)31(2)20-44(30)59-62-47-22-32(3)46(29-50(47)77-5)60-58-43-17-8-33(26-49(43)76-4)54(66)55-37-11-15-41-34(23-37)25-40(80(70,71)72)28-48(41)78-18-6-7-19-79(67,68)69/h8-17,20-29,64-65H,6-7,18-19H2,1-5H3,(H,55,66)(H,67,68,69)(H,70,71,72)(H,73,74,75). The lowest BCUT2D eigenvalue weighted by Crippen LogP contribution is -2.12. The van der Waals surface area contributed by atoms with Gasteiger partial charge >= 0.3 is 0 Å². The minimum absolute atomic E-state index is 0.0235. The molecule has 0 fully saturated rings. The highest BCUT2D eigenvalue weighted by molar-refractivity contribution is 7.86. The molecule has 81 heavy (non-hydrogen) atoms. The van der Waals surface area contributed by atoms with Crippen LogP contribution in [-0.4, -0.2) is 81.6 Å². The van der Waals surface area contributed by atoms with Gasteiger partial charge in [-0.1, -0.05) is 0 Å². The highest BCUT2D eigenvalue weighted by atomic mass is 32.2. The van der Waals surface area contributed by atoms with Crippen molar-refractivity contribution in [1.82, 2.24) is 0 Å². The molecule has 27 heteroatoms. The Labute approximate surface area is 463 Å². The van der Waals surface area contributed by atoms with E-state index in [4.69, 9.17) is 18.8 Å². The number of phenols is 2. The van der Waals surface area contributed by atoms with E-state index in [1.807, 2.05) is 0 Å². The van der Waals surface area contributed by atoms with Crippen LogP contribution in [0, 0.1) is 20.8 Å². The lowest BCUT2D eigenvalue weighted by Gasteiger charge is -2.13. The molecule has 0 radical (unpaired) electrons. The number of aryl methyl sites for hydroxylation is 3. The van der Waals surface area contributed by atoms with Crippen LogP contribution in [0.4, 0.5) is 51.2 Å². The van der Waals surface area contributed by atoms with Crippen LogP contribution in [0.25, 0.3) is 21.5 Å². The van der Waals surface area contributed by atoms with Crippen molar-refractivity contribution < 1.29 is 68.1 Å². The van der Waals surface area contributed by atoms with Gasteiger partial charge in [0.2, 0.25) is 0 Å². The molecule has 0 heterocycles. The molecule has 0 unspecified atom stereocenters. The van der Waals surface area contributed by atoms with Crippen LogP contribution in [0.2, 0.25) is 0 Å². The van der Waals surface area contributed by atoms with Crippen LogP contribution in [-0.2, 0) is 30.4 Å². The Morgan fingerprint density at radius 2 is 1.09 bits per heavy atom. The third kappa shape index (κ3) is 14.4. The number of phenolic OH excluding ortho intramolecular Hbond substituents is 2. The first kappa shape index (κ1) is 58.0. The highest BCUT2D eigenvalue weighted by Gasteiger charge is 2.23. The van der Waals surface area contributed by atoms with Crippen molar-refractivity contribution in [1.29, 1.82) is 0 Å². The number of rotatable bonds is 20. The summed E-state index contributed by atoms with van der Waals surface area (Å²) in [4.78, 5) is 12.3. The van der Waals surface area contributed by atoms with E-state index >= 15 is 0 Å². The van der Waals surface area contributed by atoms with Gasteiger partial charge in [-0.25, -0.2) is 0 Å². The molecule has 0 saturated heterocycles. The van der Waals surface area contributed by atoms with Gasteiger partial charge in [-0.2, -0.15) is 50.8 Å². The quantitative estimate of drug-likeness (QED) is 0.0235. The summed E-state index contributed by atoms with van der Waals surface area (Å²) in [5, 5.41) is 59.0. The summed E-state index contributed by atoms with van der Waals surface area (Å²) in [5.74, 6) is -0.945. The predicted octanol–water partition coefficient (Wildman–Crippen LogP) is 13.8. The second-order valence-corrected chi connectivity index (χ2v) is 22.4. The lowest BCUT2D eigenvalue weighted by molar-refractivity contribution is 0.102. The number of hydrogen-bond acceptors (Lipinski definition) is 20. The van der Waals surface area contributed by atoms with E-state index in [0.29, 0.717) is 67.3 Å². The third-order valence-electron chi connectivity index (χ3n) is 12.2. The summed E-state index contributed by atoms with van der Waals surface area (Å²) in [6.07, 6.45) is 0.303. The second kappa shape index (κ2) is 24.1. The molecule has 24 nitrogen and oxygen atoms in total. The fraction of sp³-hybridized carbons (Fsp3) is 0.167. The number of anilines is 1. The van der Waals surface area contributed by atoms with Crippen molar-refractivity contribution in [3.05, 3.63) is 144 Å². The molecule has 0 saturated carbocycles. The molecule has 0 aliphatic rings. The number of methoxy groups -OCH3 is 2. The lowest BCUT2D eigenvalue weighted by atomic mass is 10.1. The second-order valence-electron chi connectivity index (χ2n) is 18.0. The van der Waals surface area contributed by atoms with Gasteiger partial charge in [0.1, 0.15) is 45.0 Å². The van der Waals surface area contributed by atoms with E-state index in [-0.39, 0.29) is 64.4 Å². The van der Waals surface area contributed by atoms with Gasteiger partial charge in [-0.3, -0.25) is 18.5 Å². The molecule has 0 aromatic heterocycles. The van der Waals surface area contributed by atoms with Crippen molar-refractivity contribution in [2.75, 3.05) is 31.9 Å². The number of benzene rings is 8. The largest absolute Gasteiger partial charge is 0.508 e. The zero-order valence-corrected chi connectivity index (χ0v) is 45.9. The molecule has 8 aromatic rings. The summed E-state index contributed by atoms with van der Waals surface area (Å²) in [6, 6.07) is 29.7. The fourth-order valence-corrected chi connectivity index (χ4v) is 9.75. The fourth-order valence-electron chi connectivity index (χ4n) is 7.99. The topological polar surface area (TPSA) is 359 Å². The molecule has 0 atom stereocenters. The Kier molecular flexibility index (Phi) is 17.3. The minimum Gasteiger partial charge on any atom is -0.508 e. The molecular formula is C54H49N9O15S3. The van der Waals surface area contributed by atoms with E-state index < -0.39 is 63.2 Å². The number of hydrogen-bond donors (Lipinski definition) is 6. The number of amides is 1. The monoisotopic (exact) mass is 1160 g/mol. The zero-order valence-electron chi connectivity index (χ0n) is 43.5. The molecule has 6 N–H and O–H groups in total. The molecule has 0 aliphatic heterocycles. The van der Waals surface area contributed by atoms with Gasteiger partial charge < -0.3 is 29.7 Å². The first-order chi connectivity index (χ1) is 38.4. The number of carbonyl (C=O) groups excluding carboxylic acids is 1. The van der Waals surface area contributed by atoms with Gasteiger partial charge in [0.15, 0.2) is 5.75 Å². The van der Waals surface area contributed by atoms with Crippen LogP contribution in [0.5, 0.6) is 28.7 Å². The summed E-state index contributed by atoms with van der Waals surface area (Å²) in [5.41, 5.74) is 4.27. The minimum atomic E-state index is -4.93. The van der Waals surface area contributed by atoms with Crippen molar-refractivity contribution in [2.45, 2.75) is 43.4 Å². The van der Waals surface area contributed by atoms with Gasteiger partial charge in [-0.15, -0.1) is 15.3 Å². The zero-order chi connectivity index (χ0) is 58.4. The van der Waals surface area contributed by atoms with E-state index in [9.17, 15) is 49.4 Å². The maximum absolute atomic E-state index is 13.5. The van der Waals surface area contributed by atoms with Crippen LogP contribution < -0.4 is 19.5 Å². The molecule has 0 aliphatic carbocycles. The maximum Gasteiger partial charge on any atom is 0.296 e. The molecule has 418 valence electrons. The smallest absolute Gasteiger partial charge is 0.296 e. The molecule has 8 rings (SSSR count). The Morgan fingerprint density at radius 3 is 1.73 bits per heavy atom.